The molecule has 2 aromatic rings. The highest BCUT2D eigenvalue weighted by molar-refractivity contribution is 6.42. The summed E-state index contributed by atoms with van der Waals surface area (Å²) < 4.78 is 1.82. The highest BCUT2D eigenvalue weighted by Gasteiger charge is 2.03. The number of hydrogen-bond donors (Lipinski definition) is 1. The molecule has 0 radical (unpaired) electrons. The van der Waals surface area contributed by atoms with E-state index in [9.17, 15) is 0 Å². The van der Waals surface area contributed by atoms with Gasteiger partial charge in [0.05, 0.1) is 15.7 Å². The molecule has 0 bridgehead atoms. The van der Waals surface area contributed by atoms with Gasteiger partial charge in [-0.1, -0.05) is 29.3 Å². The van der Waals surface area contributed by atoms with Gasteiger partial charge in [-0.05, 0) is 24.6 Å². The number of hydrogen-bond acceptors (Lipinski definition) is 2. The molecule has 1 heterocycles. The van der Waals surface area contributed by atoms with Crippen LogP contribution in [0.15, 0.2) is 24.4 Å². The van der Waals surface area contributed by atoms with Crippen molar-refractivity contribution in [2.75, 3.05) is 0 Å². The van der Waals surface area contributed by atoms with Crippen LogP contribution in [0.3, 0.4) is 0 Å². The zero-order valence-corrected chi connectivity index (χ0v) is 11.9. The Bertz CT molecular complexity index is 549. The van der Waals surface area contributed by atoms with Crippen LogP contribution in [-0.4, -0.2) is 9.78 Å². The van der Waals surface area contributed by atoms with Gasteiger partial charge in [-0.2, -0.15) is 5.10 Å². The summed E-state index contributed by atoms with van der Waals surface area (Å²) in [5, 5.41) is 8.84. The van der Waals surface area contributed by atoms with E-state index in [1.165, 1.54) is 5.56 Å². The molecule has 5 heteroatoms. The SMILES string of the molecule is Cc1nn(C)cc1CNCc1ccc(Cl)c(Cl)c1. The summed E-state index contributed by atoms with van der Waals surface area (Å²) >= 11 is 11.8. The first-order valence-electron chi connectivity index (χ1n) is 5.70. The Balaban J connectivity index is 1.92. The van der Waals surface area contributed by atoms with Gasteiger partial charge < -0.3 is 5.32 Å². The fraction of sp³-hybridized carbons (Fsp3) is 0.308. The van der Waals surface area contributed by atoms with Crippen molar-refractivity contribution >= 4 is 23.2 Å². The molecule has 96 valence electrons. The zero-order chi connectivity index (χ0) is 13.1. The molecule has 0 aliphatic rings. The van der Waals surface area contributed by atoms with Gasteiger partial charge >= 0.3 is 0 Å². The molecule has 1 aromatic heterocycles. The lowest BCUT2D eigenvalue weighted by atomic mass is 10.2. The molecule has 0 fully saturated rings. The number of nitrogens with one attached hydrogen (secondary N) is 1. The summed E-state index contributed by atoms with van der Waals surface area (Å²) in [6.07, 6.45) is 2.02. The van der Waals surface area contributed by atoms with E-state index in [0.29, 0.717) is 10.0 Å². The van der Waals surface area contributed by atoms with Crippen molar-refractivity contribution in [1.29, 1.82) is 0 Å². The van der Waals surface area contributed by atoms with Crippen LogP contribution in [-0.2, 0) is 20.1 Å². The molecule has 0 unspecified atom stereocenters. The molecule has 0 atom stereocenters. The van der Waals surface area contributed by atoms with Crippen LogP contribution in [0.1, 0.15) is 16.8 Å². The smallest absolute Gasteiger partial charge is 0.0638 e. The van der Waals surface area contributed by atoms with Gasteiger partial charge in [0, 0.05) is 31.9 Å². The lowest BCUT2D eigenvalue weighted by molar-refractivity contribution is 0.690. The quantitative estimate of drug-likeness (QED) is 0.933. The first-order valence-corrected chi connectivity index (χ1v) is 6.45. The van der Waals surface area contributed by atoms with E-state index in [1.807, 2.05) is 43.0 Å². The number of nitrogens with zero attached hydrogens (tertiary/aromatic N) is 2. The Hall–Kier alpha value is -1.03. The highest BCUT2D eigenvalue weighted by Crippen LogP contribution is 2.22. The second-order valence-corrected chi connectivity index (χ2v) is 5.08. The average Bonchev–Trinajstić information content (AvgIpc) is 2.63. The maximum Gasteiger partial charge on any atom is 0.0638 e. The maximum atomic E-state index is 5.97. The molecule has 0 spiro atoms. The predicted molar refractivity (Wildman–Crippen MR) is 75.0 cm³/mol. The molecule has 1 N–H and O–H groups in total. The van der Waals surface area contributed by atoms with Gasteiger partial charge in [0.2, 0.25) is 0 Å². The summed E-state index contributed by atoms with van der Waals surface area (Å²) in [7, 11) is 1.93. The lowest BCUT2D eigenvalue weighted by Crippen LogP contribution is -2.12. The summed E-state index contributed by atoms with van der Waals surface area (Å²) in [4.78, 5) is 0. The molecule has 2 rings (SSSR count). The van der Waals surface area contributed by atoms with Gasteiger partial charge in [0.15, 0.2) is 0 Å². The molecular weight excluding hydrogens is 269 g/mol. The third-order valence-electron chi connectivity index (χ3n) is 2.74. The largest absolute Gasteiger partial charge is 0.308 e. The fourth-order valence-electron chi connectivity index (χ4n) is 1.81. The summed E-state index contributed by atoms with van der Waals surface area (Å²) in [6, 6.07) is 5.67. The number of halogens is 2. The van der Waals surface area contributed by atoms with Crippen LogP contribution in [0.5, 0.6) is 0 Å². The van der Waals surface area contributed by atoms with Crippen molar-refractivity contribution in [2.24, 2.45) is 7.05 Å². The van der Waals surface area contributed by atoms with Crippen molar-refractivity contribution in [2.45, 2.75) is 20.0 Å². The first-order chi connectivity index (χ1) is 8.56. The molecule has 0 aliphatic heterocycles. The number of aromatic nitrogens is 2. The van der Waals surface area contributed by atoms with Gasteiger partial charge in [-0.3, -0.25) is 4.68 Å². The number of rotatable bonds is 4. The minimum atomic E-state index is 0.587. The van der Waals surface area contributed by atoms with Crippen LogP contribution in [0.2, 0.25) is 10.0 Å². The van der Waals surface area contributed by atoms with E-state index in [0.717, 1.165) is 24.3 Å². The van der Waals surface area contributed by atoms with Crippen LogP contribution >= 0.6 is 23.2 Å². The van der Waals surface area contributed by atoms with Crippen LogP contribution in [0.4, 0.5) is 0 Å². The van der Waals surface area contributed by atoms with Crippen LogP contribution in [0, 0.1) is 6.92 Å². The number of aryl methyl sites for hydroxylation is 2. The van der Waals surface area contributed by atoms with Crippen LogP contribution < -0.4 is 5.32 Å². The Morgan fingerprint density at radius 3 is 2.61 bits per heavy atom. The van der Waals surface area contributed by atoms with E-state index in [1.54, 1.807) is 0 Å². The first kappa shape index (κ1) is 13.4. The predicted octanol–water partition coefficient (Wildman–Crippen LogP) is 3.33. The minimum absolute atomic E-state index is 0.587. The second kappa shape index (κ2) is 5.74. The van der Waals surface area contributed by atoms with E-state index in [4.69, 9.17) is 23.2 Å². The molecular formula is C13H15Cl2N3. The van der Waals surface area contributed by atoms with E-state index < -0.39 is 0 Å². The minimum Gasteiger partial charge on any atom is -0.308 e. The Kier molecular flexibility index (Phi) is 4.27. The highest BCUT2D eigenvalue weighted by atomic mass is 35.5. The average molecular weight is 284 g/mol. The Morgan fingerprint density at radius 2 is 2.00 bits per heavy atom. The van der Waals surface area contributed by atoms with Gasteiger partial charge in [0.1, 0.15) is 0 Å². The number of benzene rings is 1. The summed E-state index contributed by atoms with van der Waals surface area (Å²) in [5.41, 5.74) is 3.38. The standard InChI is InChI=1S/C13H15Cl2N3/c1-9-11(8-18(2)17-9)7-16-6-10-3-4-12(14)13(15)5-10/h3-5,8,16H,6-7H2,1-2H3. The van der Waals surface area contributed by atoms with Crippen LogP contribution in [0.25, 0.3) is 0 Å². The Morgan fingerprint density at radius 1 is 1.22 bits per heavy atom. The normalized spacial score (nSPS) is 10.9. The molecule has 3 nitrogen and oxygen atoms in total. The van der Waals surface area contributed by atoms with E-state index >= 15 is 0 Å². The zero-order valence-electron chi connectivity index (χ0n) is 10.4. The van der Waals surface area contributed by atoms with Gasteiger partial charge in [-0.15, -0.1) is 0 Å². The van der Waals surface area contributed by atoms with Crippen molar-refractivity contribution in [3.63, 3.8) is 0 Å². The van der Waals surface area contributed by atoms with Crippen molar-refractivity contribution in [1.82, 2.24) is 15.1 Å². The van der Waals surface area contributed by atoms with Gasteiger partial charge in [-0.25, -0.2) is 0 Å². The fourth-order valence-corrected chi connectivity index (χ4v) is 2.13. The Labute approximate surface area is 117 Å². The molecule has 18 heavy (non-hydrogen) atoms. The van der Waals surface area contributed by atoms with Crippen molar-refractivity contribution in [3.05, 3.63) is 51.3 Å². The lowest BCUT2D eigenvalue weighted by Gasteiger charge is -2.05. The van der Waals surface area contributed by atoms with Gasteiger partial charge in [0.25, 0.3) is 0 Å². The topological polar surface area (TPSA) is 29.9 Å². The molecule has 0 saturated carbocycles. The molecule has 1 aromatic carbocycles. The van der Waals surface area contributed by atoms with E-state index in [2.05, 4.69) is 10.4 Å². The molecule has 0 aliphatic carbocycles. The summed E-state index contributed by atoms with van der Waals surface area (Å²) in [5.74, 6) is 0. The molecule has 0 amide bonds. The molecule has 0 saturated heterocycles. The second-order valence-electron chi connectivity index (χ2n) is 4.27. The van der Waals surface area contributed by atoms with Crippen molar-refractivity contribution in [3.8, 4) is 0 Å². The van der Waals surface area contributed by atoms with E-state index in [-0.39, 0.29) is 0 Å². The maximum absolute atomic E-state index is 5.97. The third-order valence-corrected chi connectivity index (χ3v) is 3.48. The van der Waals surface area contributed by atoms with Crippen molar-refractivity contribution < 1.29 is 0 Å². The third kappa shape index (κ3) is 3.25. The summed E-state index contributed by atoms with van der Waals surface area (Å²) in [6.45, 7) is 3.56. The monoisotopic (exact) mass is 283 g/mol.